The molecule has 1 aromatic carbocycles. The summed E-state index contributed by atoms with van der Waals surface area (Å²) >= 11 is 0. The van der Waals surface area contributed by atoms with Gasteiger partial charge in [0.15, 0.2) is 0 Å². The van der Waals surface area contributed by atoms with E-state index < -0.39 is 11.5 Å². The number of fused-ring (bicyclic) bond motifs is 2. The Kier molecular flexibility index (Phi) is 7.65. The van der Waals surface area contributed by atoms with Gasteiger partial charge in [0.1, 0.15) is 11.9 Å². The van der Waals surface area contributed by atoms with E-state index in [-0.39, 0.29) is 23.8 Å². The molecule has 1 aliphatic carbocycles. The molecule has 0 radical (unpaired) electrons. The molecule has 3 aliphatic rings. The lowest BCUT2D eigenvalue weighted by atomic mass is 9.76. The molecule has 2 fully saturated rings. The standard InChI is InChI=1S/C29H37N5O4/c1-19-8-10-21(11-9-19)25(33-28(37)34(2)18-20-6-4-3-5-7-20)26(35)32-24-16-23-22(17-30-24)29(27(36)31-23)12-14-38-15-13-29/h3-7,16-17,19,21,25H,8-15,18H2,1-2H3,(H,31,36)(H,33,37)(H,30,32,35)/t19?,21?,25-/m0/s1. The van der Waals surface area contributed by atoms with Gasteiger partial charge in [-0.3, -0.25) is 9.59 Å². The normalized spacial score (nSPS) is 22.7. The number of amides is 4. The number of nitrogens with one attached hydrogen (secondary N) is 3. The number of benzene rings is 1. The van der Waals surface area contributed by atoms with Gasteiger partial charge in [-0.25, -0.2) is 9.78 Å². The fourth-order valence-corrected chi connectivity index (χ4v) is 5.98. The minimum Gasteiger partial charge on any atom is -0.381 e. The highest BCUT2D eigenvalue weighted by Gasteiger charge is 2.48. The number of anilines is 2. The molecule has 1 saturated heterocycles. The van der Waals surface area contributed by atoms with Gasteiger partial charge < -0.3 is 25.6 Å². The third kappa shape index (κ3) is 5.38. The largest absolute Gasteiger partial charge is 0.381 e. The molecule has 0 bridgehead atoms. The molecule has 3 heterocycles. The maximum atomic E-state index is 13.6. The van der Waals surface area contributed by atoms with Crippen LogP contribution in [0.3, 0.4) is 0 Å². The third-order valence-corrected chi connectivity index (χ3v) is 8.40. The third-order valence-electron chi connectivity index (χ3n) is 8.40. The summed E-state index contributed by atoms with van der Waals surface area (Å²) in [7, 11) is 1.73. The van der Waals surface area contributed by atoms with Gasteiger partial charge in [-0.05, 0) is 43.1 Å². The summed E-state index contributed by atoms with van der Waals surface area (Å²) in [6, 6.07) is 10.5. The minimum absolute atomic E-state index is 0.0380. The van der Waals surface area contributed by atoms with Crippen LogP contribution in [0.25, 0.3) is 0 Å². The average Bonchev–Trinajstić information content (AvgIpc) is 3.18. The van der Waals surface area contributed by atoms with Crippen LogP contribution in [0.2, 0.25) is 0 Å². The Morgan fingerprint density at radius 2 is 1.87 bits per heavy atom. The second-order valence-electron chi connectivity index (χ2n) is 11.0. The van der Waals surface area contributed by atoms with Gasteiger partial charge in [0.25, 0.3) is 0 Å². The Hall–Kier alpha value is -3.46. The number of nitrogens with zero attached hydrogens (tertiary/aromatic N) is 2. The first kappa shape index (κ1) is 26.2. The quantitative estimate of drug-likeness (QED) is 0.533. The zero-order valence-corrected chi connectivity index (χ0v) is 22.2. The molecule has 2 aliphatic heterocycles. The Labute approximate surface area is 223 Å². The van der Waals surface area contributed by atoms with Gasteiger partial charge in [0.05, 0.1) is 11.1 Å². The Bertz CT molecular complexity index is 1170. The highest BCUT2D eigenvalue weighted by Crippen LogP contribution is 2.44. The molecule has 202 valence electrons. The van der Waals surface area contributed by atoms with Crippen LogP contribution >= 0.6 is 0 Å². The lowest BCUT2D eigenvalue weighted by Crippen LogP contribution is -2.52. The second-order valence-corrected chi connectivity index (χ2v) is 11.0. The fraction of sp³-hybridized carbons (Fsp3) is 0.517. The average molecular weight is 520 g/mol. The van der Waals surface area contributed by atoms with Crippen LogP contribution in [0.15, 0.2) is 42.6 Å². The molecular weight excluding hydrogens is 482 g/mol. The van der Waals surface area contributed by atoms with Crippen molar-refractivity contribution in [2.45, 2.75) is 63.5 Å². The molecule has 3 N–H and O–H groups in total. The van der Waals surface area contributed by atoms with E-state index in [0.717, 1.165) is 36.8 Å². The van der Waals surface area contributed by atoms with E-state index in [1.54, 1.807) is 24.2 Å². The summed E-state index contributed by atoms with van der Waals surface area (Å²) in [6.45, 7) is 3.74. The number of hydrogen-bond donors (Lipinski definition) is 3. The molecule has 4 amide bonds. The lowest BCUT2D eigenvalue weighted by molar-refractivity contribution is -0.124. The smallest absolute Gasteiger partial charge is 0.318 e. The first-order valence-electron chi connectivity index (χ1n) is 13.6. The Morgan fingerprint density at radius 1 is 1.16 bits per heavy atom. The molecule has 1 atom stereocenters. The molecule has 9 nitrogen and oxygen atoms in total. The monoisotopic (exact) mass is 519 g/mol. The number of carbonyl (C=O) groups excluding carboxylic acids is 3. The minimum atomic E-state index is -0.681. The zero-order chi connectivity index (χ0) is 26.7. The van der Waals surface area contributed by atoms with Gasteiger partial charge in [0, 0.05) is 44.6 Å². The molecule has 1 aromatic heterocycles. The van der Waals surface area contributed by atoms with Crippen LogP contribution in [-0.2, 0) is 26.3 Å². The second kappa shape index (κ2) is 11.1. The van der Waals surface area contributed by atoms with Crippen molar-refractivity contribution in [1.29, 1.82) is 0 Å². The van der Waals surface area contributed by atoms with Gasteiger partial charge in [-0.15, -0.1) is 0 Å². The summed E-state index contributed by atoms with van der Waals surface area (Å²) in [5.41, 5.74) is 1.94. The van der Waals surface area contributed by atoms with Crippen LogP contribution in [0, 0.1) is 11.8 Å². The van der Waals surface area contributed by atoms with Crippen LogP contribution in [0.4, 0.5) is 16.3 Å². The topological polar surface area (TPSA) is 113 Å². The first-order valence-corrected chi connectivity index (χ1v) is 13.6. The maximum Gasteiger partial charge on any atom is 0.318 e. The Balaban J connectivity index is 1.30. The van der Waals surface area contributed by atoms with Gasteiger partial charge >= 0.3 is 6.03 Å². The molecule has 0 unspecified atom stereocenters. The summed E-state index contributed by atoms with van der Waals surface area (Å²) in [5.74, 6) is 0.692. The number of carbonyl (C=O) groups is 3. The SMILES string of the molecule is CC1CCC([C@H](NC(=O)N(C)Cc2ccccc2)C(=O)Nc2cc3c(cn2)C2(CCOCC2)C(=O)N3)CC1. The van der Waals surface area contributed by atoms with Gasteiger partial charge in [-0.1, -0.05) is 50.1 Å². The van der Waals surface area contributed by atoms with E-state index in [9.17, 15) is 14.4 Å². The van der Waals surface area contributed by atoms with Crippen molar-refractivity contribution >= 4 is 29.4 Å². The molecule has 1 saturated carbocycles. The van der Waals surface area contributed by atoms with Crippen LogP contribution in [0.1, 0.15) is 56.6 Å². The number of aromatic nitrogens is 1. The highest BCUT2D eigenvalue weighted by molar-refractivity contribution is 6.07. The van der Waals surface area contributed by atoms with E-state index in [1.165, 1.54) is 0 Å². The summed E-state index contributed by atoms with van der Waals surface area (Å²) in [6.07, 6.45) is 6.73. The molecule has 9 heteroatoms. The predicted molar refractivity (Wildman–Crippen MR) is 145 cm³/mol. The van der Waals surface area contributed by atoms with Crippen LogP contribution in [0.5, 0.6) is 0 Å². The number of urea groups is 1. The van der Waals surface area contributed by atoms with Crippen molar-refractivity contribution in [3.8, 4) is 0 Å². The van der Waals surface area contributed by atoms with Crippen molar-refractivity contribution in [3.05, 3.63) is 53.7 Å². The molecule has 38 heavy (non-hydrogen) atoms. The summed E-state index contributed by atoms with van der Waals surface area (Å²) in [4.78, 5) is 45.7. The zero-order valence-electron chi connectivity index (χ0n) is 22.2. The van der Waals surface area contributed by atoms with Crippen molar-refractivity contribution in [1.82, 2.24) is 15.2 Å². The lowest BCUT2D eigenvalue weighted by Gasteiger charge is -2.33. The molecule has 1 spiro atoms. The van der Waals surface area contributed by atoms with E-state index in [2.05, 4.69) is 27.9 Å². The molecular formula is C29H37N5O4. The molecule has 5 rings (SSSR count). The van der Waals surface area contributed by atoms with Gasteiger partial charge in [0.2, 0.25) is 11.8 Å². The van der Waals surface area contributed by atoms with Crippen LogP contribution in [-0.4, -0.2) is 54.0 Å². The number of hydrogen-bond acceptors (Lipinski definition) is 5. The fourth-order valence-electron chi connectivity index (χ4n) is 5.98. The van der Waals surface area contributed by atoms with Crippen molar-refractivity contribution < 1.29 is 19.1 Å². The predicted octanol–water partition coefficient (Wildman–Crippen LogP) is 4.06. The van der Waals surface area contributed by atoms with E-state index in [4.69, 9.17) is 4.74 Å². The number of ether oxygens (including phenoxy) is 1. The molecule has 2 aromatic rings. The van der Waals surface area contributed by atoms with Crippen molar-refractivity contribution in [2.75, 3.05) is 30.9 Å². The first-order chi connectivity index (χ1) is 18.4. The number of pyridine rings is 1. The van der Waals surface area contributed by atoms with Crippen molar-refractivity contribution in [3.63, 3.8) is 0 Å². The highest BCUT2D eigenvalue weighted by atomic mass is 16.5. The maximum absolute atomic E-state index is 13.6. The van der Waals surface area contributed by atoms with E-state index >= 15 is 0 Å². The van der Waals surface area contributed by atoms with Crippen LogP contribution < -0.4 is 16.0 Å². The summed E-state index contributed by atoms with van der Waals surface area (Å²) < 4.78 is 5.47. The van der Waals surface area contributed by atoms with Crippen molar-refractivity contribution in [2.24, 2.45) is 11.8 Å². The van der Waals surface area contributed by atoms with E-state index in [1.807, 2.05) is 30.3 Å². The van der Waals surface area contributed by atoms with Gasteiger partial charge in [-0.2, -0.15) is 0 Å². The summed E-state index contributed by atoms with van der Waals surface area (Å²) in [5, 5.41) is 8.91. The number of rotatable bonds is 6. The Morgan fingerprint density at radius 3 is 2.58 bits per heavy atom. The van der Waals surface area contributed by atoms with E-state index in [0.29, 0.717) is 50.0 Å².